The van der Waals surface area contributed by atoms with Gasteiger partial charge in [-0.05, 0) is 32.7 Å². The predicted octanol–water partition coefficient (Wildman–Crippen LogP) is 1.34. The van der Waals surface area contributed by atoms with Gasteiger partial charge < -0.3 is 9.43 Å². The van der Waals surface area contributed by atoms with E-state index in [1.165, 1.54) is 0 Å². The molecule has 0 atom stereocenters. The molecule has 0 fully saturated rings. The van der Waals surface area contributed by atoms with Crippen molar-refractivity contribution in [1.29, 1.82) is 0 Å². The first-order valence-corrected chi connectivity index (χ1v) is 10.3. The molecule has 0 unspecified atom stereocenters. The second kappa shape index (κ2) is 5.08. The molecular formula is C7H21NOSi2. The molecule has 0 bridgehead atoms. The van der Waals surface area contributed by atoms with Crippen LogP contribution in [0.25, 0.3) is 0 Å². The van der Waals surface area contributed by atoms with Crippen molar-refractivity contribution in [3.05, 3.63) is 0 Å². The number of hydrogen-bond acceptors (Lipinski definition) is 2. The smallest absolute Gasteiger partial charge is 0.187 e. The van der Waals surface area contributed by atoms with Gasteiger partial charge in [-0.1, -0.05) is 6.92 Å². The Labute approximate surface area is 73.2 Å². The minimum Gasteiger partial charge on any atom is -0.457 e. The van der Waals surface area contributed by atoms with Gasteiger partial charge in [0.1, 0.15) is 0 Å². The van der Waals surface area contributed by atoms with Crippen molar-refractivity contribution in [2.75, 3.05) is 12.7 Å². The van der Waals surface area contributed by atoms with Gasteiger partial charge in [0.25, 0.3) is 0 Å². The van der Waals surface area contributed by atoms with E-state index in [-0.39, 0.29) is 0 Å². The highest BCUT2D eigenvalue weighted by Gasteiger charge is 2.22. The Balaban J connectivity index is 3.61. The third-order valence-corrected chi connectivity index (χ3v) is 6.89. The lowest BCUT2D eigenvalue weighted by Gasteiger charge is -2.25. The molecule has 0 aliphatic heterocycles. The molecule has 0 saturated carbocycles. The van der Waals surface area contributed by atoms with Crippen molar-refractivity contribution in [2.45, 2.75) is 33.1 Å². The minimum atomic E-state index is -1.34. The van der Waals surface area contributed by atoms with Gasteiger partial charge in [0.2, 0.25) is 0 Å². The monoisotopic (exact) mass is 191 g/mol. The number of hydrogen-bond donors (Lipinski definition) is 1. The van der Waals surface area contributed by atoms with E-state index in [4.69, 9.17) is 4.12 Å². The lowest BCUT2D eigenvalue weighted by Crippen LogP contribution is -2.45. The van der Waals surface area contributed by atoms with E-state index >= 15 is 0 Å². The Kier molecular flexibility index (Phi) is 5.24. The highest BCUT2D eigenvalue weighted by molar-refractivity contribution is 6.77. The quantitative estimate of drug-likeness (QED) is 0.662. The van der Waals surface area contributed by atoms with Crippen molar-refractivity contribution in [1.82, 2.24) is 5.32 Å². The molecule has 1 N–H and O–H groups in total. The third-order valence-electron chi connectivity index (χ3n) is 1.36. The van der Waals surface area contributed by atoms with Crippen molar-refractivity contribution >= 4 is 17.4 Å². The van der Waals surface area contributed by atoms with Crippen LogP contribution in [0.4, 0.5) is 0 Å². The Morgan fingerprint density at radius 1 is 1.36 bits per heavy atom. The van der Waals surface area contributed by atoms with Crippen molar-refractivity contribution in [3.8, 4) is 0 Å². The van der Waals surface area contributed by atoms with Gasteiger partial charge in [-0.3, -0.25) is 0 Å². The van der Waals surface area contributed by atoms with Gasteiger partial charge in [-0.15, -0.1) is 0 Å². The minimum absolute atomic E-state index is 0.816. The van der Waals surface area contributed by atoms with Crippen LogP contribution in [0.5, 0.6) is 0 Å². The molecule has 0 heterocycles. The molecule has 0 spiro atoms. The summed E-state index contributed by atoms with van der Waals surface area (Å²) in [6.45, 7) is 12.2. The van der Waals surface area contributed by atoms with E-state index in [1.54, 1.807) is 0 Å². The van der Waals surface area contributed by atoms with E-state index in [2.05, 4.69) is 38.4 Å². The molecule has 0 aromatic rings. The van der Waals surface area contributed by atoms with Crippen molar-refractivity contribution < 1.29 is 4.12 Å². The fourth-order valence-electron chi connectivity index (χ4n) is 1.11. The molecule has 0 amide bonds. The van der Waals surface area contributed by atoms with Crippen molar-refractivity contribution in [2.24, 2.45) is 0 Å². The Morgan fingerprint density at radius 2 is 1.91 bits per heavy atom. The molecule has 0 aliphatic rings. The zero-order valence-corrected chi connectivity index (χ0v) is 10.6. The van der Waals surface area contributed by atoms with Gasteiger partial charge >= 0.3 is 0 Å². The Bertz CT molecular complexity index is 107. The van der Waals surface area contributed by atoms with E-state index in [0.717, 1.165) is 12.7 Å². The van der Waals surface area contributed by atoms with Crippen LogP contribution in [0.15, 0.2) is 0 Å². The Hall–Kier alpha value is 0.354. The second-order valence-corrected chi connectivity index (χ2v) is 10.6. The molecule has 4 heteroatoms. The SMILES string of the molecule is CCNC[Si](C)(C)O[SiH](C)C. The first kappa shape index (κ1) is 11.4. The molecule has 68 valence electrons. The van der Waals surface area contributed by atoms with Gasteiger partial charge in [0.05, 0.1) is 0 Å². The summed E-state index contributed by atoms with van der Waals surface area (Å²) in [5.74, 6) is 0. The molecule has 0 saturated heterocycles. The van der Waals surface area contributed by atoms with Crippen molar-refractivity contribution in [3.63, 3.8) is 0 Å². The molecule has 0 rings (SSSR count). The van der Waals surface area contributed by atoms with Crippen LogP contribution < -0.4 is 5.32 Å². The molecule has 2 nitrogen and oxygen atoms in total. The topological polar surface area (TPSA) is 21.3 Å². The summed E-state index contributed by atoms with van der Waals surface area (Å²) in [4.78, 5) is 0. The third kappa shape index (κ3) is 6.74. The lowest BCUT2D eigenvalue weighted by atomic mass is 10.8. The zero-order valence-electron chi connectivity index (χ0n) is 8.40. The highest BCUT2D eigenvalue weighted by atomic mass is 28.4. The molecule has 0 aromatic carbocycles. The average Bonchev–Trinajstić information content (AvgIpc) is 1.81. The van der Waals surface area contributed by atoms with Crippen LogP contribution in [0.2, 0.25) is 26.2 Å². The summed E-state index contributed by atoms with van der Waals surface area (Å²) in [6.07, 6.45) is 1.09. The lowest BCUT2D eigenvalue weighted by molar-refractivity contribution is 0.560. The maximum atomic E-state index is 5.96. The van der Waals surface area contributed by atoms with Crippen LogP contribution in [0.1, 0.15) is 6.92 Å². The van der Waals surface area contributed by atoms with E-state index in [9.17, 15) is 0 Å². The average molecular weight is 191 g/mol. The largest absolute Gasteiger partial charge is 0.457 e. The van der Waals surface area contributed by atoms with Crippen LogP contribution in [-0.2, 0) is 4.12 Å². The normalized spacial score (nSPS) is 12.5. The van der Waals surface area contributed by atoms with Crippen LogP contribution >= 0.6 is 0 Å². The first-order valence-electron chi connectivity index (χ1n) is 4.36. The fraction of sp³-hybridized carbons (Fsp3) is 1.00. The molecule has 0 radical (unpaired) electrons. The van der Waals surface area contributed by atoms with Crippen LogP contribution in [0.3, 0.4) is 0 Å². The summed E-state index contributed by atoms with van der Waals surface area (Å²) in [7, 11) is -2.15. The molecule has 0 aromatic heterocycles. The number of nitrogens with one attached hydrogen (secondary N) is 1. The van der Waals surface area contributed by atoms with E-state index < -0.39 is 17.4 Å². The summed E-state index contributed by atoms with van der Waals surface area (Å²) >= 11 is 0. The van der Waals surface area contributed by atoms with Gasteiger partial charge in [-0.25, -0.2) is 0 Å². The first-order chi connectivity index (χ1) is 4.98. The second-order valence-electron chi connectivity index (χ2n) is 3.71. The predicted molar refractivity (Wildman–Crippen MR) is 56.0 cm³/mol. The maximum absolute atomic E-state index is 5.96. The summed E-state index contributed by atoms with van der Waals surface area (Å²) in [5.41, 5.74) is 0. The van der Waals surface area contributed by atoms with Gasteiger partial charge in [0.15, 0.2) is 17.4 Å². The van der Waals surface area contributed by atoms with E-state index in [1.807, 2.05) is 0 Å². The maximum Gasteiger partial charge on any atom is 0.187 e. The molecule has 11 heavy (non-hydrogen) atoms. The number of rotatable bonds is 5. The summed E-state index contributed by atoms with van der Waals surface area (Å²) in [5, 5.41) is 3.35. The highest BCUT2D eigenvalue weighted by Crippen LogP contribution is 2.04. The summed E-state index contributed by atoms with van der Waals surface area (Å²) in [6, 6.07) is 0. The molecular weight excluding hydrogens is 170 g/mol. The van der Waals surface area contributed by atoms with Crippen LogP contribution in [-0.4, -0.2) is 30.1 Å². The van der Waals surface area contributed by atoms with Gasteiger partial charge in [-0.2, -0.15) is 0 Å². The van der Waals surface area contributed by atoms with Gasteiger partial charge in [0, 0.05) is 6.17 Å². The molecule has 0 aliphatic carbocycles. The fourth-order valence-corrected chi connectivity index (χ4v) is 7.40. The Morgan fingerprint density at radius 3 is 2.27 bits per heavy atom. The van der Waals surface area contributed by atoms with Crippen LogP contribution in [0, 0.1) is 0 Å². The van der Waals surface area contributed by atoms with E-state index in [0.29, 0.717) is 0 Å². The summed E-state index contributed by atoms with van der Waals surface area (Å²) < 4.78 is 5.96. The standard InChI is InChI=1S/C7H21NOSi2/c1-6-8-7-11(4,5)9-10(2)3/h8,10H,6-7H2,1-5H3. The zero-order chi connectivity index (χ0) is 8.91.